The second-order valence-electron chi connectivity index (χ2n) is 3.53. The maximum atomic E-state index is 11.5. The summed E-state index contributed by atoms with van der Waals surface area (Å²) in [6, 6.07) is 4.70. The molecule has 18 heavy (non-hydrogen) atoms. The third-order valence-corrected chi connectivity index (χ3v) is 2.30. The van der Waals surface area contributed by atoms with E-state index in [1.54, 1.807) is 18.2 Å². The van der Waals surface area contributed by atoms with Crippen LogP contribution in [-0.2, 0) is 0 Å². The van der Waals surface area contributed by atoms with Gasteiger partial charge in [0.1, 0.15) is 6.61 Å². The van der Waals surface area contributed by atoms with Gasteiger partial charge in [0, 0.05) is 17.1 Å². The van der Waals surface area contributed by atoms with Gasteiger partial charge in [0.15, 0.2) is 0 Å². The van der Waals surface area contributed by atoms with E-state index in [1.165, 1.54) is 0 Å². The number of benzene rings is 1. The number of nitrogens with one attached hydrogen (secondary N) is 2. The molecule has 1 rings (SSSR count). The summed E-state index contributed by atoms with van der Waals surface area (Å²) in [4.78, 5) is 11.5. The van der Waals surface area contributed by atoms with Crippen molar-refractivity contribution in [3.8, 4) is 11.8 Å². The summed E-state index contributed by atoms with van der Waals surface area (Å²) in [6.07, 6.45) is 0.866. The maximum absolute atomic E-state index is 11.5. The zero-order valence-electron chi connectivity index (χ0n) is 10.1. The Hall–Kier alpha value is -1.70. The van der Waals surface area contributed by atoms with Gasteiger partial charge in [-0.3, -0.25) is 0 Å². The first-order chi connectivity index (χ1) is 8.67. The Balaban J connectivity index is 2.84. The smallest absolute Gasteiger partial charge is 0.319 e. The monoisotopic (exact) mass is 266 g/mol. The molecule has 0 aliphatic rings. The van der Waals surface area contributed by atoms with E-state index in [1.807, 2.05) is 6.92 Å². The lowest BCUT2D eigenvalue weighted by atomic mass is 10.2. The number of anilines is 1. The number of urea groups is 1. The molecule has 0 unspecified atom stereocenters. The number of rotatable bonds is 3. The normalized spacial score (nSPS) is 9.28. The molecule has 0 saturated heterocycles. The lowest BCUT2D eigenvalue weighted by molar-refractivity contribution is 0.252. The van der Waals surface area contributed by atoms with Crippen molar-refractivity contribution in [2.24, 2.45) is 0 Å². The van der Waals surface area contributed by atoms with Crippen LogP contribution in [-0.4, -0.2) is 24.3 Å². The molecule has 0 bridgehead atoms. The number of carbonyl (C=O) groups is 1. The summed E-state index contributed by atoms with van der Waals surface area (Å²) in [5, 5.41) is 14.6. The highest BCUT2D eigenvalue weighted by molar-refractivity contribution is 6.30. The number of hydrogen-bond donors (Lipinski definition) is 3. The number of carbonyl (C=O) groups excluding carboxylic acids is 1. The van der Waals surface area contributed by atoms with Crippen molar-refractivity contribution in [1.29, 1.82) is 0 Å². The lowest BCUT2D eigenvalue weighted by Crippen LogP contribution is -2.29. The van der Waals surface area contributed by atoms with Gasteiger partial charge in [0.25, 0.3) is 0 Å². The van der Waals surface area contributed by atoms with Gasteiger partial charge in [0.2, 0.25) is 0 Å². The van der Waals surface area contributed by atoms with E-state index in [2.05, 4.69) is 22.5 Å². The van der Waals surface area contributed by atoms with Gasteiger partial charge in [-0.05, 0) is 24.6 Å². The Labute approximate surface area is 111 Å². The second kappa shape index (κ2) is 7.59. The average molecular weight is 267 g/mol. The number of aliphatic hydroxyl groups excluding tert-OH is 1. The van der Waals surface area contributed by atoms with E-state index in [0.29, 0.717) is 22.8 Å². The van der Waals surface area contributed by atoms with E-state index in [9.17, 15) is 4.79 Å². The zero-order valence-corrected chi connectivity index (χ0v) is 10.8. The van der Waals surface area contributed by atoms with Gasteiger partial charge in [-0.1, -0.05) is 30.4 Å². The second-order valence-corrected chi connectivity index (χ2v) is 3.97. The summed E-state index contributed by atoms with van der Waals surface area (Å²) in [5.41, 5.74) is 1.14. The predicted molar refractivity (Wildman–Crippen MR) is 72.7 cm³/mol. The molecule has 0 fully saturated rings. The van der Waals surface area contributed by atoms with Gasteiger partial charge in [-0.25, -0.2) is 4.79 Å². The molecule has 96 valence electrons. The molecule has 3 N–H and O–H groups in total. The Kier molecular flexibility index (Phi) is 6.06. The third-order valence-electron chi connectivity index (χ3n) is 2.07. The summed E-state index contributed by atoms with van der Waals surface area (Å²) in [5.74, 6) is 5.26. The number of halogens is 1. The van der Waals surface area contributed by atoms with Gasteiger partial charge in [-0.2, -0.15) is 0 Å². The number of amides is 2. The Morgan fingerprint density at radius 3 is 2.94 bits per heavy atom. The SMILES string of the molecule is CCCNC(=O)Nc1ccc(Cl)cc1C#CCO. The Morgan fingerprint density at radius 2 is 2.28 bits per heavy atom. The highest BCUT2D eigenvalue weighted by atomic mass is 35.5. The first kappa shape index (κ1) is 14.4. The molecule has 1 aromatic rings. The minimum Gasteiger partial charge on any atom is -0.384 e. The van der Waals surface area contributed by atoms with Crippen molar-refractivity contribution in [2.45, 2.75) is 13.3 Å². The first-order valence-electron chi connectivity index (χ1n) is 5.61. The standard InChI is InChI=1S/C13H15ClN2O2/c1-2-7-15-13(18)16-12-6-5-11(14)9-10(12)4-3-8-17/h5-6,9,17H,2,7-8H2,1H3,(H2,15,16,18). The third kappa shape index (κ3) is 4.66. The van der Waals surface area contributed by atoms with E-state index < -0.39 is 0 Å². The van der Waals surface area contributed by atoms with Crippen LogP contribution in [0, 0.1) is 11.8 Å². The van der Waals surface area contributed by atoms with E-state index in [0.717, 1.165) is 6.42 Å². The topological polar surface area (TPSA) is 61.4 Å². The van der Waals surface area contributed by atoms with Crippen molar-refractivity contribution < 1.29 is 9.90 Å². The van der Waals surface area contributed by atoms with Crippen molar-refractivity contribution in [1.82, 2.24) is 5.32 Å². The van der Waals surface area contributed by atoms with E-state index >= 15 is 0 Å². The quantitative estimate of drug-likeness (QED) is 0.735. The Bertz CT molecular complexity index is 478. The van der Waals surface area contributed by atoms with Gasteiger partial charge < -0.3 is 15.7 Å². The van der Waals surface area contributed by atoms with Crippen molar-refractivity contribution in [2.75, 3.05) is 18.5 Å². The molecular formula is C13H15ClN2O2. The van der Waals surface area contributed by atoms with Crippen LogP contribution in [0.25, 0.3) is 0 Å². The van der Waals surface area contributed by atoms with Crippen LogP contribution in [0.1, 0.15) is 18.9 Å². The fourth-order valence-electron chi connectivity index (χ4n) is 1.27. The molecule has 4 nitrogen and oxygen atoms in total. The molecule has 0 radical (unpaired) electrons. The summed E-state index contributed by atoms with van der Waals surface area (Å²) in [7, 11) is 0. The minimum absolute atomic E-state index is 0.242. The molecule has 0 heterocycles. The van der Waals surface area contributed by atoms with Crippen LogP contribution < -0.4 is 10.6 Å². The number of hydrogen-bond acceptors (Lipinski definition) is 2. The van der Waals surface area contributed by atoms with Crippen LogP contribution in [0.4, 0.5) is 10.5 Å². The van der Waals surface area contributed by atoms with Gasteiger partial charge >= 0.3 is 6.03 Å². The maximum Gasteiger partial charge on any atom is 0.319 e. The number of aliphatic hydroxyl groups is 1. The predicted octanol–water partition coefficient (Wildman–Crippen LogP) is 2.22. The summed E-state index contributed by atoms with van der Waals surface area (Å²) in [6.45, 7) is 2.34. The molecule has 0 aliphatic carbocycles. The van der Waals surface area contributed by atoms with Crippen molar-refractivity contribution in [3.63, 3.8) is 0 Å². The van der Waals surface area contributed by atoms with Crippen molar-refractivity contribution >= 4 is 23.3 Å². The van der Waals surface area contributed by atoms with Gasteiger partial charge in [-0.15, -0.1) is 0 Å². The highest BCUT2D eigenvalue weighted by Gasteiger charge is 2.05. The summed E-state index contributed by atoms with van der Waals surface area (Å²) < 4.78 is 0. The molecule has 5 heteroatoms. The highest BCUT2D eigenvalue weighted by Crippen LogP contribution is 2.19. The van der Waals surface area contributed by atoms with Crippen LogP contribution in [0.2, 0.25) is 5.02 Å². The minimum atomic E-state index is -0.286. The van der Waals surface area contributed by atoms with Crippen molar-refractivity contribution in [3.05, 3.63) is 28.8 Å². The lowest BCUT2D eigenvalue weighted by Gasteiger charge is -2.08. The fourth-order valence-corrected chi connectivity index (χ4v) is 1.44. The molecule has 0 aliphatic heterocycles. The van der Waals surface area contributed by atoms with Crippen LogP contribution in [0.5, 0.6) is 0 Å². The molecule has 0 saturated carbocycles. The largest absolute Gasteiger partial charge is 0.384 e. The van der Waals surface area contributed by atoms with E-state index in [4.69, 9.17) is 16.7 Å². The van der Waals surface area contributed by atoms with Crippen LogP contribution in [0.15, 0.2) is 18.2 Å². The van der Waals surface area contributed by atoms with E-state index in [-0.39, 0.29) is 12.6 Å². The summed E-state index contributed by atoms with van der Waals surface area (Å²) >= 11 is 5.86. The zero-order chi connectivity index (χ0) is 13.4. The molecule has 0 spiro atoms. The molecule has 1 aromatic carbocycles. The molecule has 2 amide bonds. The fraction of sp³-hybridized carbons (Fsp3) is 0.308. The van der Waals surface area contributed by atoms with Crippen LogP contribution in [0.3, 0.4) is 0 Å². The molecular weight excluding hydrogens is 252 g/mol. The molecule has 0 atom stereocenters. The Morgan fingerprint density at radius 1 is 1.50 bits per heavy atom. The molecule has 0 aromatic heterocycles. The first-order valence-corrected chi connectivity index (χ1v) is 5.99. The van der Waals surface area contributed by atoms with Gasteiger partial charge in [0.05, 0.1) is 5.69 Å². The van der Waals surface area contributed by atoms with Crippen LogP contribution >= 0.6 is 11.6 Å². The average Bonchev–Trinajstić information content (AvgIpc) is 2.36.